The molecule has 0 atom stereocenters. The Morgan fingerprint density at radius 1 is 1.22 bits per heavy atom. The van der Waals surface area contributed by atoms with Crippen LogP contribution in [0.2, 0.25) is 0 Å². The van der Waals surface area contributed by atoms with Gasteiger partial charge in [-0.2, -0.15) is 13.2 Å². The van der Waals surface area contributed by atoms with Gasteiger partial charge in [0.05, 0.1) is 5.56 Å². The van der Waals surface area contributed by atoms with E-state index in [0.29, 0.717) is 23.1 Å². The fourth-order valence-corrected chi connectivity index (χ4v) is 2.76. The molecule has 1 N–H and O–H groups in total. The molecule has 120 valence electrons. The van der Waals surface area contributed by atoms with Crippen molar-refractivity contribution in [2.45, 2.75) is 19.5 Å². The van der Waals surface area contributed by atoms with E-state index in [2.05, 4.69) is 4.98 Å². The zero-order valence-electron chi connectivity index (χ0n) is 12.6. The molecule has 0 aliphatic rings. The molecule has 23 heavy (non-hydrogen) atoms. The van der Waals surface area contributed by atoms with Gasteiger partial charge in [-0.1, -0.05) is 6.07 Å². The minimum Gasteiger partial charge on any atom is -0.493 e. The lowest BCUT2D eigenvalue weighted by Crippen LogP contribution is -2.06. The van der Waals surface area contributed by atoms with Crippen molar-refractivity contribution in [3.8, 4) is 5.88 Å². The number of aromatic hydroxyl groups is 1. The van der Waals surface area contributed by atoms with Crippen molar-refractivity contribution < 1.29 is 18.3 Å². The molecule has 0 radical (unpaired) electrons. The first-order valence-electron chi connectivity index (χ1n) is 7.06. The molecular formula is C17H15F3N2O. The van der Waals surface area contributed by atoms with Gasteiger partial charge in [-0.25, -0.2) is 4.98 Å². The van der Waals surface area contributed by atoms with Gasteiger partial charge in [0.15, 0.2) is 0 Å². The number of alkyl halides is 3. The smallest absolute Gasteiger partial charge is 0.416 e. The highest BCUT2D eigenvalue weighted by Gasteiger charge is 2.31. The maximum absolute atomic E-state index is 13.0. The second-order valence-corrected chi connectivity index (χ2v) is 5.58. The summed E-state index contributed by atoms with van der Waals surface area (Å²) < 4.78 is 40.7. The van der Waals surface area contributed by atoms with Crippen LogP contribution >= 0.6 is 0 Å². The largest absolute Gasteiger partial charge is 0.493 e. The van der Waals surface area contributed by atoms with E-state index in [0.717, 1.165) is 23.2 Å². The summed E-state index contributed by atoms with van der Waals surface area (Å²) in [5.74, 6) is -0.0644. The van der Waals surface area contributed by atoms with E-state index in [1.54, 1.807) is 30.7 Å². The number of hydrogen-bond donors (Lipinski definition) is 1. The van der Waals surface area contributed by atoms with Crippen LogP contribution in [-0.2, 0) is 19.6 Å². The minimum atomic E-state index is -4.37. The summed E-state index contributed by atoms with van der Waals surface area (Å²) in [5.41, 5.74) is 1.89. The fourth-order valence-electron chi connectivity index (χ4n) is 2.76. The van der Waals surface area contributed by atoms with Crippen LogP contribution in [0.4, 0.5) is 13.2 Å². The average Bonchev–Trinajstić information content (AvgIpc) is 2.78. The maximum Gasteiger partial charge on any atom is 0.416 e. The molecule has 2 aromatic heterocycles. The van der Waals surface area contributed by atoms with Crippen LogP contribution in [0.25, 0.3) is 10.9 Å². The van der Waals surface area contributed by atoms with Gasteiger partial charge >= 0.3 is 6.18 Å². The molecule has 0 saturated carbocycles. The van der Waals surface area contributed by atoms with E-state index in [9.17, 15) is 18.3 Å². The van der Waals surface area contributed by atoms with Crippen LogP contribution in [-0.4, -0.2) is 14.7 Å². The standard InChI is InChI=1S/C17H15F3N2O/c1-10-6-12(17(18,19)20)8-15-14(10)9-13(22(15)2)7-11-4-3-5-21-16(11)23/h3-6,8-9H,7H2,1-2H3,(H,21,23). The van der Waals surface area contributed by atoms with E-state index in [1.807, 2.05) is 6.07 Å². The monoisotopic (exact) mass is 320 g/mol. The maximum atomic E-state index is 13.0. The minimum absolute atomic E-state index is 0.0644. The number of hydrogen-bond acceptors (Lipinski definition) is 2. The molecule has 0 amide bonds. The van der Waals surface area contributed by atoms with E-state index >= 15 is 0 Å². The summed E-state index contributed by atoms with van der Waals surface area (Å²) in [6.07, 6.45) is -2.49. The van der Waals surface area contributed by atoms with Gasteiger partial charge in [-0.3, -0.25) is 0 Å². The van der Waals surface area contributed by atoms with Gasteiger partial charge in [-0.05, 0) is 36.8 Å². The predicted octanol–water partition coefficient (Wildman–Crippen LogP) is 4.20. The summed E-state index contributed by atoms with van der Waals surface area (Å²) in [4.78, 5) is 3.82. The quantitative estimate of drug-likeness (QED) is 0.768. The second-order valence-electron chi connectivity index (χ2n) is 5.58. The molecule has 0 saturated heterocycles. The van der Waals surface area contributed by atoms with Crippen molar-refractivity contribution in [1.29, 1.82) is 0 Å². The lowest BCUT2D eigenvalue weighted by molar-refractivity contribution is -0.137. The number of rotatable bonds is 2. The van der Waals surface area contributed by atoms with Crippen molar-refractivity contribution in [3.05, 3.63) is 58.9 Å². The first-order valence-corrected chi connectivity index (χ1v) is 7.06. The molecule has 0 fully saturated rings. The number of nitrogens with zero attached hydrogens (tertiary/aromatic N) is 2. The molecule has 0 bridgehead atoms. The Kier molecular flexibility index (Phi) is 3.55. The van der Waals surface area contributed by atoms with Crippen molar-refractivity contribution in [2.75, 3.05) is 0 Å². The Morgan fingerprint density at radius 3 is 2.61 bits per heavy atom. The van der Waals surface area contributed by atoms with Crippen molar-refractivity contribution in [1.82, 2.24) is 9.55 Å². The molecule has 0 unspecified atom stereocenters. The van der Waals surface area contributed by atoms with Crippen molar-refractivity contribution >= 4 is 10.9 Å². The number of pyridine rings is 1. The lowest BCUT2D eigenvalue weighted by atomic mass is 10.1. The predicted molar refractivity (Wildman–Crippen MR) is 81.4 cm³/mol. The Balaban J connectivity index is 2.12. The first kappa shape index (κ1) is 15.4. The van der Waals surface area contributed by atoms with E-state index in [1.165, 1.54) is 6.20 Å². The van der Waals surface area contributed by atoms with Crippen LogP contribution in [0, 0.1) is 6.92 Å². The van der Waals surface area contributed by atoms with Crippen LogP contribution < -0.4 is 0 Å². The van der Waals surface area contributed by atoms with Crippen LogP contribution in [0.1, 0.15) is 22.4 Å². The van der Waals surface area contributed by atoms with E-state index in [4.69, 9.17) is 0 Å². The highest BCUT2D eigenvalue weighted by molar-refractivity contribution is 5.85. The third kappa shape index (κ3) is 2.76. The number of benzene rings is 1. The van der Waals surface area contributed by atoms with Gasteiger partial charge < -0.3 is 9.67 Å². The Labute approximate surface area is 131 Å². The SMILES string of the molecule is Cc1cc(C(F)(F)F)cc2c1cc(Cc1cccnc1O)n2C. The third-order valence-electron chi connectivity index (χ3n) is 4.03. The number of aryl methyl sites for hydroxylation is 2. The summed E-state index contributed by atoms with van der Waals surface area (Å²) in [5, 5.41) is 10.6. The Morgan fingerprint density at radius 2 is 1.96 bits per heavy atom. The van der Waals surface area contributed by atoms with Gasteiger partial charge in [0.25, 0.3) is 0 Å². The molecule has 3 nitrogen and oxygen atoms in total. The summed E-state index contributed by atoms with van der Waals surface area (Å²) >= 11 is 0. The Hall–Kier alpha value is -2.50. The molecule has 6 heteroatoms. The molecule has 0 spiro atoms. The number of halogens is 3. The van der Waals surface area contributed by atoms with E-state index < -0.39 is 11.7 Å². The van der Waals surface area contributed by atoms with Gasteiger partial charge in [0.1, 0.15) is 0 Å². The van der Waals surface area contributed by atoms with Crippen LogP contribution in [0.15, 0.2) is 36.5 Å². The second kappa shape index (κ2) is 5.30. The summed E-state index contributed by atoms with van der Waals surface area (Å²) in [6, 6.07) is 7.64. The molecule has 3 rings (SSSR count). The number of fused-ring (bicyclic) bond motifs is 1. The lowest BCUT2D eigenvalue weighted by Gasteiger charge is -2.10. The van der Waals surface area contributed by atoms with Crippen molar-refractivity contribution in [2.24, 2.45) is 7.05 Å². The first-order chi connectivity index (χ1) is 10.8. The summed E-state index contributed by atoms with van der Waals surface area (Å²) in [6.45, 7) is 1.67. The summed E-state index contributed by atoms with van der Waals surface area (Å²) in [7, 11) is 1.73. The zero-order chi connectivity index (χ0) is 16.8. The zero-order valence-corrected chi connectivity index (χ0v) is 12.6. The molecule has 0 aliphatic heterocycles. The highest BCUT2D eigenvalue weighted by Crippen LogP contribution is 2.34. The molecular weight excluding hydrogens is 305 g/mol. The topological polar surface area (TPSA) is 38.1 Å². The van der Waals surface area contributed by atoms with Crippen LogP contribution in [0.3, 0.4) is 0 Å². The van der Waals surface area contributed by atoms with Gasteiger partial charge in [0, 0.05) is 41.8 Å². The average molecular weight is 320 g/mol. The molecule has 0 aliphatic carbocycles. The molecule has 3 aromatic rings. The molecule has 2 heterocycles. The fraction of sp³-hybridized carbons (Fsp3) is 0.235. The highest BCUT2D eigenvalue weighted by atomic mass is 19.4. The van der Waals surface area contributed by atoms with Crippen LogP contribution in [0.5, 0.6) is 5.88 Å². The van der Waals surface area contributed by atoms with Gasteiger partial charge in [0.2, 0.25) is 5.88 Å². The van der Waals surface area contributed by atoms with Gasteiger partial charge in [-0.15, -0.1) is 0 Å². The third-order valence-corrected chi connectivity index (χ3v) is 4.03. The van der Waals surface area contributed by atoms with E-state index in [-0.39, 0.29) is 5.88 Å². The van der Waals surface area contributed by atoms with Crippen molar-refractivity contribution in [3.63, 3.8) is 0 Å². The Bertz CT molecular complexity index is 881. The normalized spacial score (nSPS) is 12.0. The molecule has 1 aromatic carbocycles. The number of aromatic nitrogens is 2.